The monoisotopic (exact) mass is 293 g/mol. The summed E-state index contributed by atoms with van der Waals surface area (Å²) in [6.45, 7) is 4.70. The summed E-state index contributed by atoms with van der Waals surface area (Å²) in [5.41, 5.74) is -0.760. The Balaban J connectivity index is 2.15. The van der Waals surface area contributed by atoms with E-state index >= 15 is 0 Å². The van der Waals surface area contributed by atoms with E-state index in [2.05, 4.69) is 5.32 Å². The van der Waals surface area contributed by atoms with Crippen LogP contribution in [0.2, 0.25) is 0 Å². The standard InChI is InChI=1S/C15H19NO5/c1-3-20-11-6-5-10(9-12(11)21-4-2)16-13(17)15(7-8-15)14(18)19/h5-6,9H,3-4,7-8H2,1-2H3,(H,16,17)(H,18,19). The summed E-state index contributed by atoms with van der Waals surface area (Å²) in [4.78, 5) is 23.2. The topological polar surface area (TPSA) is 84.9 Å². The zero-order valence-corrected chi connectivity index (χ0v) is 12.1. The van der Waals surface area contributed by atoms with Crippen LogP contribution in [0.5, 0.6) is 11.5 Å². The lowest BCUT2D eigenvalue weighted by Crippen LogP contribution is -2.31. The van der Waals surface area contributed by atoms with Gasteiger partial charge in [-0.05, 0) is 38.8 Å². The van der Waals surface area contributed by atoms with Crippen molar-refractivity contribution in [3.05, 3.63) is 18.2 Å². The molecule has 21 heavy (non-hydrogen) atoms. The number of nitrogens with one attached hydrogen (secondary N) is 1. The highest BCUT2D eigenvalue weighted by molar-refractivity contribution is 6.10. The molecular formula is C15H19NO5. The van der Waals surface area contributed by atoms with E-state index in [9.17, 15) is 9.59 Å². The van der Waals surface area contributed by atoms with Crippen molar-refractivity contribution in [3.8, 4) is 11.5 Å². The summed E-state index contributed by atoms with van der Waals surface area (Å²) >= 11 is 0. The van der Waals surface area contributed by atoms with Crippen molar-refractivity contribution in [1.82, 2.24) is 0 Å². The maximum atomic E-state index is 12.1. The number of hydrogen-bond acceptors (Lipinski definition) is 4. The number of ether oxygens (including phenoxy) is 2. The molecule has 2 N–H and O–H groups in total. The average Bonchev–Trinajstić information content (AvgIpc) is 3.24. The van der Waals surface area contributed by atoms with Crippen LogP contribution in [0.3, 0.4) is 0 Å². The van der Waals surface area contributed by atoms with E-state index in [0.717, 1.165) is 0 Å². The molecule has 1 aliphatic rings. The maximum Gasteiger partial charge on any atom is 0.319 e. The molecule has 2 rings (SSSR count). The first kappa shape index (κ1) is 15.2. The van der Waals surface area contributed by atoms with Crippen LogP contribution in [0.15, 0.2) is 18.2 Å². The van der Waals surface area contributed by atoms with Crippen LogP contribution in [-0.4, -0.2) is 30.2 Å². The molecule has 6 nitrogen and oxygen atoms in total. The molecule has 1 saturated carbocycles. The minimum atomic E-state index is -1.26. The molecule has 0 heterocycles. The van der Waals surface area contributed by atoms with E-state index in [0.29, 0.717) is 43.2 Å². The molecule has 1 fully saturated rings. The van der Waals surface area contributed by atoms with Crippen LogP contribution < -0.4 is 14.8 Å². The Morgan fingerprint density at radius 3 is 2.33 bits per heavy atom. The number of anilines is 1. The Morgan fingerprint density at radius 2 is 1.81 bits per heavy atom. The lowest BCUT2D eigenvalue weighted by Gasteiger charge is -2.14. The van der Waals surface area contributed by atoms with Crippen molar-refractivity contribution in [2.24, 2.45) is 5.41 Å². The van der Waals surface area contributed by atoms with Crippen molar-refractivity contribution < 1.29 is 24.2 Å². The largest absolute Gasteiger partial charge is 0.490 e. The number of carbonyl (C=O) groups excluding carboxylic acids is 1. The van der Waals surface area contributed by atoms with E-state index in [-0.39, 0.29) is 0 Å². The van der Waals surface area contributed by atoms with E-state index in [1.165, 1.54) is 0 Å². The predicted octanol–water partition coefficient (Wildman–Crippen LogP) is 2.29. The second kappa shape index (κ2) is 6.03. The molecule has 1 amide bonds. The lowest BCUT2D eigenvalue weighted by atomic mass is 10.1. The van der Waals surface area contributed by atoms with Gasteiger partial charge in [-0.25, -0.2) is 0 Å². The quantitative estimate of drug-likeness (QED) is 0.753. The molecule has 0 bridgehead atoms. The second-order valence-corrected chi connectivity index (χ2v) is 4.87. The van der Waals surface area contributed by atoms with Crippen molar-refractivity contribution in [2.75, 3.05) is 18.5 Å². The molecule has 6 heteroatoms. The van der Waals surface area contributed by atoms with Crippen LogP contribution in [-0.2, 0) is 9.59 Å². The number of rotatable bonds is 7. The van der Waals surface area contributed by atoms with E-state index in [1.54, 1.807) is 18.2 Å². The number of amides is 1. The highest BCUT2D eigenvalue weighted by Gasteiger charge is 2.57. The van der Waals surface area contributed by atoms with Gasteiger partial charge in [0.15, 0.2) is 11.5 Å². The zero-order valence-electron chi connectivity index (χ0n) is 12.1. The third kappa shape index (κ3) is 3.09. The number of carboxylic acid groups (broad SMARTS) is 1. The molecule has 0 unspecified atom stereocenters. The Hall–Kier alpha value is -2.24. The van der Waals surface area contributed by atoms with E-state index in [4.69, 9.17) is 14.6 Å². The van der Waals surface area contributed by atoms with Crippen LogP contribution in [0.4, 0.5) is 5.69 Å². The first-order valence-electron chi connectivity index (χ1n) is 6.98. The van der Waals surface area contributed by atoms with Gasteiger partial charge in [-0.2, -0.15) is 0 Å². The lowest BCUT2D eigenvalue weighted by molar-refractivity contribution is -0.147. The summed E-state index contributed by atoms with van der Waals surface area (Å²) in [6.07, 6.45) is 0.757. The number of aliphatic carboxylic acids is 1. The van der Waals surface area contributed by atoms with Gasteiger partial charge in [0.1, 0.15) is 5.41 Å². The molecular weight excluding hydrogens is 274 g/mol. The fourth-order valence-electron chi connectivity index (χ4n) is 2.04. The Labute approximate surface area is 123 Å². The number of carboxylic acids is 1. The molecule has 0 aromatic heterocycles. The Bertz CT molecular complexity index is 551. The Kier molecular flexibility index (Phi) is 4.35. The molecule has 0 spiro atoms. The molecule has 114 valence electrons. The van der Waals surface area contributed by atoms with Gasteiger partial charge in [-0.3, -0.25) is 9.59 Å². The van der Waals surface area contributed by atoms with E-state index < -0.39 is 17.3 Å². The van der Waals surface area contributed by atoms with Gasteiger partial charge < -0.3 is 19.9 Å². The number of carbonyl (C=O) groups is 2. The smallest absolute Gasteiger partial charge is 0.319 e. The molecule has 1 aromatic carbocycles. The van der Waals surface area contributed by atoms with Gasteiger partial charge in [0.05, 0.1) is 13.2 Å². The minimum absolute atomic E-state index is 0.378. The summed E-state index contributed by atoms with van der Waals surface area (Å²) in [6, 6.07) is 5.01. The molecule has 0 atom stereocenters. The highest BCUT2D eigenvalue weighted by atomic mass is 16.5. The predicted molar refractivity (Wildman–Crippen MR) is 76.7 cm³/mol. The Morgan fingerprint density at radius 1 is 1.19 bits per heavy atom. The summed E-state index contributed by atoms with van der Waals surface area (Å²) < 4.78 is 10.9. The van der Waals surface area contributed by atoms with Gasteiger partial charge in [-0.15, -0.1) is 0 Å². The number of hydrogen-bond donors (Lipinski definition) is 2. The van der Waals surface area contributed by atoms with Gasteiger partial charge >= 0.3 is 5.97 Å². The zero-order chi connectivity index (χ0) is 15.5. The highest BCUT2D eigenvalue weighted by Crippen LogP contribution is 2.47. The first-order valence-corrected chi connectivity index (χ1v) is 6.98. The maximum absolute atomic E-state index is 12.1. The van der Waals surface area contributed by atoms with Crippen LogP contribution in [0.25, 0.3) is 0 Å². The van der Waals surface area contributed by atoms with Crippen LogP contribution in [0, 0.1) is 5.41 Å². The molecule has 0 saturated heterocycles. The van der Waals surface area contributed by atoms with Gasteiger partial charge in [0.25, 0.3) is 0 Å². The molecule has 0 aliphatic heterocycles. The average molecular weight is 293 g/mol. The SMILES string of the molecule is CCOc1ccc(NC(=O)C2(C(=O)O)CC2)cc1OCC. The third-order valence-corrected chi connectivity index (χ3v) is 3.40. The fourth-order valence-corrected chi connectivity index (χ4v) is 2.04. The molecule has 1 aliphatic carbocycles. The van der Waals surface area contributed by atoms with E-state index in [1.807, 2.05) is 13.8 Å². The number of benzene rings is 1. The van der Waals surface area contributed by atoms with Crippen LogP contribution >= 0.6 is 0 Å². The molecule has 0 radical (unpaired) electrons. The van der Waals surface area contributed by atoms with Crippen molar-refractivity contribution >= 4 is 17.6 Å². The van der Waals surface area contributed by atoms with Crippen molar-refractivity contribution in [3.63, 3.8) is 0 Å². The van der Waals surface area contributed by atoms with Crippen molar-refractivity contribution in [2.45, 2.75) is 26.7 Å². The van der Waals surface area contributed by atoms with Gasteiger partial charge in [0.2, 0.25) is 5.91 Å². The van der Waals surface area contributed by atoms with Crippen LogP contribution in [0.1, 0.15) is 26.7 Å². The summed E-state index contributed by atoms with van der Waals surface area (Å²) in [7, 11) is 0. The second-order valence-electron chi connectivity index (χ2n) is 4.87. The summed E-state index contributed by atoms with van der Waals surface area (Å²) in [5, 5.41) is 11.7. The van der Waals surface area contributed by atoms with Gasteiger partial charge in [0, 0.05) is 11.8 Å². The third-order valence-electron chi connectivity index (χ3n) is 3.40. The fraction of sp³-hybridized carbons (Fsp3) is 0.467. The minimum Gasteiger partial charge on any atom is -0.490 e. The first-order chi connectivity index (χ1) is 10.0. The summed E-state index contributed by atoms with van der Waals surface area (Å²) in [5.74, 6) is -0.438. The van der Waals surface area contributed by atoms with Crippen molar-refractivity contribution in [1.29, 1.82) is 0 Å². The molecule has 1 aromatic rings. The van der Waals surface area contributed by atoms with Gasteiger partial charge in [-0.1, -0.05) is 0 Å². The normalized spacial score (nSPS) is 15.1.